The number of likely N-dealkylation sites (tertiary alicyclic amines) is 1. The predicted molar refractivity (Wildman–Crippen MR) is 144 cm³/mol. The third kappa shape index (κ3) is 5.31. The molecule has 3 atom stereocenters. The summed E-state index contributed by atoms with van der Waals surface area (Å²) in [5.41, 5.74) is 0.704. The van der Waals surface area contributed by atoms with E-state index in [-0.39, 0.29) is 59.3 Å². The maximum atomic E-state index is 13.1. The molecule has 0 saturated carbocycles. The summed E-state index contributed by atoms with van der Waals surface area (Å²) in [5, 5.41) is 23.2. The monoisotopic (exact) mass is 549 g/mol. The molecule has 0 spiro atoms. The number of fused-ring (bicyclic) bond motifs is 4. The molecular formula is C29H31N3O8. The number of aromatic hydroxyl groups is 2. The molecule has 1 saturated heterocycles. The number of ether oxygens (including phenoxy) is 1. The first-order chi connectivity index (χ1) is 19.1. The number of phenolic OH excluding ortho intramolecular Hbond substituents is 1. The van der Waals surface area contributed by atoms with Crippen LogP contribution in [0.15, 0.2) is 56.5 Å². The van der Waals surface area contributed by atoms with Gasteiger partial charge in [-0.2, -0.15) is 0 Å². The summed E-state index contributed by atoms with van der Waals surface area (Å²) in [7, 11) is 1.38. The van der Waals surface area contributed by atoms with Gasteiger partial charge in [0, 0.05) is 49.8 Å². The molecule has 5 rings (SSSR count). The van der Waals surface area contributed by atoms with Gasteiger partial charge in [-0.3, -0.25) is 19.2 Å². The van der Waals surface area contributed by atoms with Crippen LogP contribution in [0.25, 0.3) is 0 Å². The van der Waals surface area contributed by atoms with E-state index in [1.807, 2.05) is 6.07 Å². The molecule has 3 aromatic rings. The molecule has 2 bridgehead atoms. The molecule has 4 heterocycles. The van der Waals surface area contributed by atoms with Crippen LogP contribution in [-0.4, -0.2) is 58.2 Å². The summed E-state index contributed by atoms with van der Waals surface area (Å²) in [4.78, 5) is 52.5. The largest absolute Gasteiger partial charge is 0.504 e. The molecular weight excluding hydrogens is 518 g/mol. The fourth-order valence-electron chi connectivity index (χ4n) is 5.78. The molecule has 11 nitrogen and oxygen atoms in total. The molecule has 40 heavy (non-hydrogen) atoms. The first-order valence-electron chi connectivity index (χ1n) is 13.1. The summed E-state index contributed by atoms with van der Waals surface area (Å²) in [6, 6.07) is 10.8. The molecule has 0 aliphatic carbocycles. The number of carbonyl (C=O) groups excluding carboxylic acids is 2. The van der Waals surface area contributed by atoms with Crippen LogP contribution in [-0.2, 0) is 16.1 Å². The zero-order valence-electron chi connectivity index (χ0n) is 22.3. The number of benzene rings is 1. The minimum Gasteiger partial charge on any atom is -0.504 e. The molecule has 1 aromatic carbocycles. The number of aromatic nitrogens is 1. The van der Waals surface area contributed by atoms with Gasteiger partial charge in [-0.15, -0.1) is 0 Å². The Hall–Kier alpha value is -4.54. The van der Waals surface area contributed by atoms with Gasteiger partial charge in [0.2, 0.25) is 23.0 Å². The van der Waals surface area contributed by atoms with Gasteiger partial charge in [0.25, 0.3) is 5.56 Å². The van der Waals surface area contributed by atoms with Gasteiger partial charge in [0.15, 0.2) is 17.3 Å². The fraction of sp³-hybridized carbons (Fsp3) is 0.379. The molecule has 2 aromatic heterocycles. The highest BCUT2D eigenvalue weighted by Gasteiger charge is 2.36. The van der Waals surface area contributed by atoms with Crippen molar-refractivity contribution in [2.75, 3.05) is 26.7 Å². The lowest BCUT2D eigenvalue weighted by Gasteiger charge is -2.42. The number of methoxy groups -OCH3 is 1. The van der Waals surface area contributed by atoms with Crippen LogP contribution < -0.4 is 21.0 Å². The van der Waals surface area contributed by atoms with Crippen LogP contribution in [0.4, 0.5) is 0 Å². The van der Waals surface area contributed by atoms with E-state index in [4.69, 9.17) is 9.15 Å². The Labute approximate surface area is 229 Å². The zero-order chi connectivity index (χ0) is 28.6. The molecule has 2 aliphatic rings. The van der Waals surface area contributed by atoms with Crippen molar-refractivity contribution in [3.05, 3.63) is 85.8 Å². The number of pyridine rings is 1. The summed E-state index contributed by atoms with van der Waals surface area (Å²) in [6.07, 6.45) is 0.658. The average molecular weight is 550 g/mol. The van der Waals surface area contributed by atoms with Gasteiger partial charge in [-0.25, -0.2) is 0 Å². The highest BCUT2D eigenvalue weighted by molar-refractivity contribution is 5.85. The Balaban J connectivity index is 1.31. The summed E-state index contributed by atoms with van der Waals surface area (Å²) >= 11 is 0. The lowest BCUT2D eigenvalue weighted by molar-refractivity contribution is -0.135. The summed E-state index contributed by atoms with van der Waals surface area (Å²) in [5.74, 6) is -1.85. The number of nitrogens with zero attached hydrogens (tertiary/aromatic N) is 2. The van der Waals surface area contributed by atoms with Crippen molar-refractivity contribution in [2.45, 2.75) is 38.1 Å². The minimum atomic E-state index is -0.902. The molecule has 1 unspecified atom stereocenters. The Bertz CT molecular complexity index is 1580. The number of aryl methyl sites for hydroxylation is 1. The highest BCUT2D eigenvalue weighted by Crippen LogP contribution is 2.37. The van der Waals surface area contributed by atoms with Crippen LogP contribution >= 0.6 is 0 Å². The maximum Gasteiger partial charge on any atom is 0.250 e. The number of nitrogens with one attached hydrogen (secondary N) is 1. The van der Waals surface area contributed by atoms with E-state index in [1.165, 1.54) is 19.2 Å². The lowest BCUT2D eigenvalue weighted by atomic mass is 9.83. The number of carbonyl (C=O) groups is 2. The minimum absolute atomic E-state index is 0.0319. The van der Waals surface area contributed by atoms with E-state index in [0.717, 1.165) is 18.2 Å². The first-order valence-corrected chi connectivity index (χ1v) is 13.1. The molecule has 3 N–H and O–H groups in total. The highest BCUT2D eigenvalue weighted by atomic mass is 16.5. The molecule has 0 radical (unpaired) electrons. The third-order valence-corrected chi connectivity index (χ3v) is 7.65. The molecule has 2 amide bonds. The predicted octanol–water partition coefficient (Wildman–Crippen LogP) is 1.81. The fourth-order valence-corrected chi connectivity index (χ4v) is 5.78. The second-order valence-electron chi connectivity index (χ2n) is 10.4. The van der Waals surface area contributed by atoms with Gasteiger partial charge >= 0.3 is 0 Å². The van der Waals surface area contributed by atoms with Crippen LogP contribution in [0.1, 0.15) is 47.5 Å². The third-order valence-electron chi connectivity index (χ3n) is 7.65. The van der Waals surface area contributed by atoms with E-state index in [0.29, 0.717) is 25.2 Å². The number of hydrogen-bond donors (Lipinski definition) is 3. The quantitative estimate of drug-likeness (QED) is 0.404. The lowest BCUT2D eigenvalue weighted by Crippen LogP contribution is -2.51. The Morgan fingerprint density at radius 1 is 1.12 bits per heavy atom. The van der Waals surface area contributed by atoms with Gasteiger partial charge < -0.3 is 34.2 Å². The van der Waals surface area contributed by atoms with E-state index in [1.54, 1.807) is 34.6 Å². The molecule has 1 fully saturated rings. The van der Waals surface area contributed by atoms with Crippen LogP contribution in [0, 0.1) is 12.8 Å². The van der Waals surface area contributed by atoms with E-state index in [2.05, 4.69) is 5.32 Å². The summed E-state index contributed by atoms with van der Waals surface area (Å²) in [6.45, 7) is 2.86. The molecule has 210 valence electrons. The Kier molecular flexibility index (Phi) is 7.38. The van der Waals surface area contributed by atoms with Crippen LogP contribution in [0.2, 0.25) is 0 Å². The van der Waals surface area contributed by atoms with Crippen molar-refractivity contribution in [2.24, 2.45) is 5.92 Å². The van der Waals surface area contributed by atoms with Crippen molar-refractivity contribution >= 4 is 11.8 Å². The van der Waals surface area contributed by atoms with Crippen molar-refractivity contribution < 1.29 is 29.0 Å². The standard InChI is InChI=1S/C29H31N3O8/c1-16-8-23(34)28(38)29(40-16)20(18-6-7-22(33)24(10-18)39-2)11-25(35)30-12-27(37)31-13-17-9-19(15-31)21-4-3-5-26(36)32(21)14-17/h3-8,10,17,19-20,33,38H,9,11-15H2,1-2H3,(H,30,35)/t17-,19+,20?/m1/s1. The van der Waals surface area contributed by atoms with E-state index >= 15 is 0 Å². The van der Waals surface area contributed by atoms with Crippen molar-refractivity contribution in [3.63, 3.8) is 0 Å². The number of amides is 2. The zero-order valence-corrected chi connectivity index (χ0v) is 22.3. The molecule has 11 heteroatoms. The molecule has 2 aliphatic heterocycles. The first kappa shape index (κ1) is 27.0. The topological polar surface area (TPSA) is 151 Å². The normalized spacial score (nSPS) is 18.5. The summed E-state index contributed by atoms with van der Waals surface area (Å²) < 4.78 is 12.7. The van der Waals surface area contributed by atoms with E-state index < -0.39 is 23.0 Å². The number of hydrogen-bond acceptors (Lipinski definition) is 8. The Morgan fingerprint density at radius 3 is 2.70 bits per heavy atom. The number of phenols is 1. The maximum absolute atomic E-state index is 13.1. The second kappa shape index (κ2) is 10.9. The van der Waals surface area contributed by atoms with Crippen molar-refractivity contribution in [3.8, 4) is 17.2 Å². The average Bonchev–Trinajstić information content (AvgIpc) is 2.93. The van der Waals surface area contributed by atoms with Crippen molar-refractivity contribution in [1.29, 1.82) is 0 Å². The van der Waals surface area contributed by atoms with Crippen LogP contribution in [0.3, 0.4) is 0 Å². The van der Waals surface area contributed by atoms with Gasteiger partial charge in [-0.1, -0.05) is 12.1 Å². The van der Waals surface area contributed by atoms with Gasteiger partial charge in [0.05, 0.1) is 19.6 Å². The Morgan fingerprint density at radius 2 is 1.93 bits per heavy atom. The second-order valence-corrected chi connectivity index (χ2v) is 10.4. The SMILES string of the molecule is COc1cc(C(CC(=O)NCC(=O)N2C[C@H]3C[C@@H](C2)c2cccc(=O)n2C3)c2oc(C)cc(=O)c2O)ccc1O. The van der Waals surface area contributed by atoms with Crippen molar-refractivity contribution in [1.82, 2.24) is 14.8 Å². The number of rotatable bonds is 7. The number of piperidine rings is 1. The van der Waals surface area contributed by atoms with Gasteiger partial charge in [-0.05, 0) is 43.0 Å². The van der Waals surface area contributed by atoms with E-state index in [9.17, 15) is 29.4 Å². The van der Waals surface area contributed by atoms with Crippen LogP contribution in [0.5, 0.6) is 17.2 Å². The van der Waals surface area contributed by atoms with Gasteiger partial charge in [0.1, 0.15) is 5.76 Å². The smallest absolute Gasteiger partial charge is 0.250 e.